The number of rotatable bonds is 4. The molecule has 2 rings (SSSR count). The van der Waals surface area contributed by atoms with E-state index in [0.717, 1.165) is 5.56 Å². The van der Waals surface area contributed by atoms with Gasteiger partial charge < -0.3 is 10.1 Å². The molecule has 0 atom stereocenters. The molecule has 0 aliphatic rings. The van der Waals surface area contributed by atoms with Gasteiger partial charge in [0.15, 0.2) is 0 Å². The molecule has 9 heteroatoms. The summed E-state index contributed by atoms with van der Waals surface area (Å²) in [6.45, 7) is 0.248. The van der Waals surface area contributed by atoms with Gasteiger partial charge in [0.05, 0.1) is 11.5 Å². The summed E-state index contributed by atoms with van der Waals surface area (Å²) in [6.07, 6.45) is 1.21. The van der Waals surface area contributed by atoms with E-state index in [1.165, 1.54) is 22.9 Å². The van der Waals surface area contributed by atoms with Crippen LogP contribution in [-0.4, -0.2) is 19.4 Å². The summed E-state index contributed by atoms with van der Waals surface area (Å²) in [4.78, 5) is 23.5. The molecule has 8 nitrogen and oxygen atoms in total. The van der Waals surface area contributed by atoms with Crippen LogP contribution in [0.3, 0.4) is 0 Å². The standard InChI is InChI=1S/C10H7ClN4O4/c11-10-12-9(15(18)19)6-13(10)5-7-1-3-8(4-2-7)14(16)17/h1-4,6H,5H2. The van der Waals surface area contributed by atoms with Crippen LogP contribution in [0.1, 0.15) is 5.56 Å². The molecule has 0 saturated carbocycles. The zero-order valence-corrected chi connectivity index (χ0v) is 10.1. The Morgan fingerprint density at radius 3 is 2.26 bits per heavy atom. The number of aromatic nitrogens is 2. The van der Waals surface area contributed by atoms with Crippen molar-refractivity contribution in [2.45, 2.75) is 6.54 Å². The first-order chi connectivity index (χ1) is 8.97. The van der Waals surface area contributed by atoms with Gasteiger partial charge in [0.1, 0.15) is 6.20 Å². The molecule has 0 bridgehead atoms. The molecular formula is C10H7ClN4O4. The molecule has 0 unspecified atom stereocenters. The Bertz CT molecular complexity index is 637. The van der Waals surface area contributed by atoms with Crippen LogP contribution in [0.2, 0.25) is 5.28 Å². The summed E-state index contributed by atoms with van der Waals surface area (Å²) in [7, 11) is 0. The molecule has 1 aromatic carbocycles. The van der Waals surface area contributed by atoms with Crippen molar-refractivity contribution in [1.29, 1.82) is 0 Å². The maximum Gasteiger partial charge on any atom is 0.383 e. The van der Waals surface area contributed by atoms with Crippen LogP contribution in [0.4, 0.5) is 11.5 Å². The number of benzene rings is 1. The van der Waals surface area contributed by atoms with Gasteiger partial charge in [0.25, 0.3) is 5.69 Å². The second-order valence-corrected chi connectivity index (χ2v) is 4.01. The number of halogens is 1. The van der Waals surface area contributed by atoms with Crippen LogP contribution in [-0.2, 0) is 6.54 Å². The molecule has 0 spiro atoms. The van der Waals surface area contributed by atoms with Crippen LogP contribution < -0.4 is 0 Å². The summed E-state index contributed by atoms with van der Waals surface area (Å²) < 4.78 is 1.39. The average Bonchev–Trinajstić information content (AvgIpc) is 2.72. The summed E-state index contributed by atoms with van der Waals surface area (Å²) in [5.74, 6) is -0.341. The van der Waals surface area contributed by atoms with Crippen molar-refractivity contribution in [3.63, 3.8) is 0 Å². The highest BCUT2D eigenvalue weighted by Crippen LogP contribution is 2.18. The van der Waals surface area contributed by atoms with Gasteiger partial charge in [-0.3, -0.25) is 14.7 Å². The minimum Gasteiger partial charge on any atom is -0.358 e. The number of non-ortho nitro benzene ring substituents is 1. The van der Waals surface area contributed by atoms with Crippen molar-refractivity contribution >= 4 is 23.1 Å². The number of hydrogen-bond donors (Lipinski definition) is 0. The third-order valence-electron chi connectivity index (χ3n) is 2.40. The third-order valence-corrected chi connectivity index (χ3v) is 2.70. The lowest BCUT2D eigenvalue weighted by Gasteiger charge is -2.01. The van der Waals surface area contributed by atoms with Crippen LogP contribution in [0.25, 0.3) is 0 Å². The van der Waals surface area contributed by atoms with Gasteiger partial charge in [-0.25, -0.2) is 0 Å². The van der Waals surface area contributed by atoms with Gasteiger partial charge >= 0.3 is 11.1 Å². The second kappa shape index (κ2) is 5.02. The number of nitro groups is 2. The van der Waals surface area contributed by atoms with E-state index in [1.807, 2.05) is 0 Å². The van der Waals surface area contributed by atoms with Gasteiger partial charge in [-0.1, -0.05) is 12.1 Å². The van der Waals surface area contributed by atoms with E-state index in [9.17, 15) is 20.2 Å². The van der Waals surface area contributed by atoms with Gasteiger partial charge in [0.2, 0.25) is 0 Å². The number of hydrogen-bond acceptors (Lipinski definition) is 5. The molecule has 0 aliphatic heterocycles. The molecule has 19 heavy (non-hydrogen) atoms. The van der Waals surface area contributed by atoms with Crippen molar-refractivity contribution in [3.8, 4) is 0 Å². The van der Waals surface area contributed by atoms with Gasteiger partial charge in [-0.2, -0.15) is 0 Å². The van der Waals surface area contributed by atoms with E-state index in [-0.39, 0.29) is 23.3 Å². The Morgan fingerprint density at radius 2 is 1.79 bits per heavy atom. The minimum absolute atomic E-state index is 0.00921. The lowest BCUT2D eigenvalue weighted by atomic mass is 10.2. The summed E-state index contributed by atoms with van der Waals surface area (Å²) in [6, 6.07) is 5.82. The van der Waals surface area contributed by atoms with Crippen molar-refractivity contribution in [3.05, 3.63) is 61.5 Å². The molecular weight excluding hydrogens is 276 g/mol. The number of nitrogens with zero attached hydrogens (tertiary/aromatic N) is 4. The SMILES string of the molecule is O=[N+]([O-])c1ccc(Cn2cc([N+](=O)[O-])nc2Cl)cc1. The summed E-state index contributed by atoms with van der Waals surface area (Å²) in [5, 5.41) is 21.0. The molecule has 0 N–H and O–H groups in total. The maximum atomic E-state index is 10.5. The lowest BCUT2D eigenvalue weighted by Crippen LogP contribution is -1.98. The fraction of sp³-hybridized carbons (Fsp3) is 0.100. The van der Waals surface area contributed by atoms with Crippen LogP contribution in [0.15, 0.2) is 30.5 Å². The van der Waals surface area contributed by atoms with Crippen LogP contribution >= 0.6 is 11.6 Å². The first-order valence-corrected chi connectivity index (χ1v) is 5.45. The Kier molecular flexibility index (Phi) is 3.43. The van der Waals surface area contributed by atoms with Crippen molar-refractivity contribution < 1.29 is 9.85 Å². The zero-order valence-electron chi connectivity index (χ0n) is 9.39. The largest absolute Gasteiger partial charge is 0.383 e. The van der Waals surface area contributed by atoms with Crippen molar-refractivity contribution in [2.24, 2.45) is 0 Å². The minimum atomic E-state index is -0.641. The molecule has 0 aliphatic carbocycles. The van der Waals surface area contributed by atoms with Gasteiger partial charge in [-0.15, -0.1) is 0 Å². The first kappa shape index (κ1) is 13.0. The topological polar surface area (TPSA) is 104 Å². The maximum absolute atomic E-state index is 10.5. The highest BCUT2D eigenvalue weighted by molar-refractivity contribution is 6.28. The van der Waals surface area contributed by atoms with E-state index >= 15 is 0 Å². The lowest BCUT2D eigenvalue weighted by molar-refractivity contribution is -0.389. The van der Waals surface area contributed by atoms with Crippen molar-refractivity contribution in [2.75, 3.05) is 0 Å². The molecule has 0 radical (unpaired) electrons. The Balaban J connectivity index is 2.21. The first-order valence-electron chi connectivity index (χ1n) is 5.08. The fourth-order valence-electron chi connectivity index (χ4n) is 1.50. The smallest absolute Gasteiger partial charge is 0.358 e. The predicted molar refractivity (Wildman–Crippen MR) is 66.1 cm³/mol. The average molecular weight is 283 g/mol. The molecule has 1 aromatic heterocycles. The van der Waals surface area contributed by atoms with Gasteiger partial charge in [-0.05, 0) is 27.1 Å². The fourth-order valence-corrected chi connectivity index (χ4v) is 1.69. The third kappa shape index (κ3) is 2.86. The Morgan fingerprint density at radius 1 is 1.16 bits per heavy atom. The van der Waals surface area contributed by atoms with E-state index < -0.39 is 9.85 Å². The van der Waals surface area contributed by atoms with Gasteiger partial charge in [0, 0.05) is 12.1 Å². The van der Waals surface area contributed by atoms with E-state index in [0.29, 0.717) is 0 Å². The Hall–Kier alpha value is -2.48. The molecule has 0 fully saturated rings. The van der Waals surface area contributed by atoms with Crippen molar-refractivity contribution in [1.82, 2.24) is 9.55 Å². The molecule has 0 saturated heterocycles. The molecule has 98 valence electrons. The summed E-state index contributed by atoms with van der Waals surface area (Å²) >= 11 is 5.76. The number of nitro benzene ring substituents is 1. The zero-order chi connectivity index (χ0) is 14.0. The molecule has 2 aromatic rings. The van der Waals surface area contributed by atoms with E-state index in [1.54, 1.807) is 12.1 Å². The molecule has 1 heterocycles. The Labute approximate surface area is 111 Å². The second-order valence-electron chi connectivity index (χ2n) is 3.68. The highest BCUT2D eigenvalue weighted by Gasteiger charge is 2.17. The molecule has 0 amide bonds. The quantitative estimate of drug-likeness (QED) is 0.632. The summed E-state index contributed by atoms with van der Waals surface area (Å²) in [5.41, 5.74) is 0.700. The number of imidazole rings is 1. The van der Waals surface area contributed by atoms with Crippen LogP contribution in [0, 0.1) is 20.2 Å². The monoisotopic (exact) mass is 282 g/mol. The highest BCUT2D eigenvalue weighted by atomic mass is 35.5. The predicted octanol–water partition coefficient (Wildman–Crippen LogP) is 2.40. The van der Waals surface area contributed by atoms with E-state index in [2.05, 4.69) is 4.98 Å². The normalized spacial score (nSPS) is 10.4. The van der Waals surface area contributed by atoms with E-state index in [4.69, 9.17) is 11.6 Å². The van der Waals surface area contributed by atoms with Crippen LogP contribution in [0.5, 0.6) is 0 Å².